The first-order chi connectivity index (χ1) is 11.2. The molecule has 1 N–H and O–H groups in total. The van der Waals surface area contributed by atoms with Gasteiger partial charge in [0.05, 0.1) is 6.04 Å². The molecule has 2 aliphatic heterocycles. The molecule has 6 heteroatoms. The maximum absolute atomic E-state index is 12.7. The maximum Gasteiger partial charge on any atom is 0.274 e. The smallest absolute Gasteiger partial charge is 0.274 e. The lowest BCUT2D eigenvalue weighted by atomic mass is 10.1. The second kappa shape index (κ2) is 7.45. The second-order valence-corrected chi connectivity index (χ2v) is 6.94. The molecule has 6 nitrogen and oxygen atoms in total. The zero-order valence-corrected chi connectivity index (χ0v) is 14.4. The molecule has 2 atom stereocenters. The number of nitrogens with one attached hydrogen (secondary N) is 1. The van der Waals surface area contributed by atoms with Crippen molar-refractivity contribution in [2.24, 2.45) is 5.92 Å². The summed E-state index contributed by atoms with van der Waals surface area (Å²) in [7, 11) is 2.14. The van der Waals surface area contributed by atoms with E-state index in [-0.39, 0.29) is 5.91 Å². The fourth-order valence-electron chi connectivity index (χ4n) is 3.61. The second-order valence-electron chi connectivity index (χ2n) is 6.94. The Hall–Kier alpha value is -1.40. The van der Waals surface area contributed by atoms with Crippen molar-refractivity contribution < 1.29 is 4.79 Å². The van der Waals surface area contributed by atoms with E-state index in [1.54, 1.807) is 0 Å². The molecule has 3 rings (SSSR count). The van der Waals surface area contributed by atoms with Crippen LogP contribution in [0.2, 0.25) is 0 Å². The molecule has 2 saturated heterocycles. The molecular weight excluding hydrogens is 290 g/mol. The predicted molar refractivity (Wildman–Crippen MR) is 90.5 cm³/mol. The van der Waals surface area contributed by atoms with Gasteiger partial charge in [-0.2, -0.15) is 5.10 Å². The van der Waals surface area contributed by atoms with Gasteiger partial charge in [0.25, 0.3) is 5.91 Å². The monoisotopic (exact) mass is 319 g/mol. The molecule has 0 aromatic carbocycles. The Bertz CT molecular complexity index is 523. The first kappa shape index (κ1) is 16.5. The van der Waals surface area contributed by atoms with E-state index in [1.165, 1.54) is 6.42 Å². The first-order valence-corrected chi connectivity index (χ1v) is 8.91. The molecule has 0 bridgehead atoms. The Morgan fingerprint density at radius 3 is 3.09 bits per heavy atom. The van der Waals surface area contributed by atoms with Crippen molar-refractivity contribution >= 4 is 5.91 Å². The summed E-state index contributed by atoms with van der Waals surface area (Å²) in [6, 6.07) is 2.26. The first-order valence-electron chi connectivity index (χ1n) is 8.91. The van der Waals surface area contributed by atoms with Crippen LogP contribution < -0.4 is 5.32 Å². The molecule has 128 valence electrons. The third-order valence-corrected chi connectivity index (χ3v) is 5.16. The number of carbonyl (C=O) groups excluding carboxylic acids is 1. The predicted octanol–water partition coefficient (Wildman–Crippen LogP) is 1.22. The van der Waals surface area contributed by atoms with Gasteiger partial charge in [0.15, 0.2) is 0 Å². The maximum atomic E-state index is 12.7. The van der Waals surface area contributed by atoms with E-state index >= 15 is 0 Å². The number of hydrogen-bond acceptors (Lipinski definition) is 4. The van der Waals surface area contributed by atoms with Crippen LogP contribution in [0, 0.1) is 5.92 Å². The quantitative estimate of drug-likeness (QED) is 0.887. The summed E-state index contributed by atoms with van der Waals surface area (Å²) in [4.78, 5) is 17.0. The summed E-state index contributed by atoms with van der Waals surface area (Å²) >= 11 is 0. The zero-order valence-electron chi connectivity index (χ0n) is 14.4. The third kappa shape index (κ3) is 3.93. The molecule has 1 aromatic rings. The highest BCUT2D eigenvalue weighted by Gasteiger charge is 2.29. The fraction of sp³-hybridized carbons (Fsp3) is 0.765. The lowest BCUT2D eigenvalue weighted by molar-refractivity contribution is 0.0777. The van der Waals surface area contributed by atoms with E-state index < -0.39 is 0 Å². The normalized spacial score (nSPS) is 25.3. The Morgan fingerprint density at radius 2 is 2.35 bits per heavy atom. The van der Waals surface area contributed by atoms with Crippen LogP contribution in [0.1, 0.15) is 42.7 Å². The summed E-state index contributed by atoms with van der Waals surface area (Å²) in [5.74, 6) is 0.683. The summed E-state index contributed by atoms with van der Waals surface area (Å²) in [6.07, 6.45) is 5.37. The number of aromatic nitrogens is 2. The zero-order chi connectivity index (χ0) is 16.2. The lowest BCUT2D eigenvalue weighted by Gasteiger charge is -2.23. The minimum atomic E-state index is 0.0918. The molecular formula is C17H29N5O. The van der Waals surface area contributed by atoms with Crippen LogP contribution in [0.4, 0.5) is 0 Å². The molecule has 3 heterocycles. The molecule has 1 amide bonds. The van der Waals surface area contributed by atoms with Gasteiger partial charge in [-0.05, 0) is 51.4 Å². The molecule has 2 unspecified atom stereocenters. The highest BCUT2D eigenvalue weighted by molar-refractivity contribution is 5.92. The van der Waals surface area contributed by atoms with Crippen LogP contribution in [0.25, 0.3) is 0 Å². The van der Waals surface area contributed by atoms with E-state index in [4.69, 9.17) is 0 Å². The molecule has 2 fully saturated rings. The number of rotatable bonds is 5. The van der Waals surface area contributed by atoms with Gasteiger partial charge in [-0.3, -0.25) is 9.48 Å². The number of likely N-dealkylation sites (tertiary alicyclic amines) is 1. The van der Waals surface area contributed by atoms with Gasteiger partial charge >= 0.3 is 0 Å². The van der Waals surface area contributed by atoms with Gasteiger partial charge in [-0.15, -0.1) is 0 Å². The average Bonchev–Trinajstić information content (AvgIpc) is 3.24. The summed E-state index contributed by atoms with van der Waals surface area (Å²) in [6.45, 7) is 8.06. The van der Waals surface area contributed by atoms with Crippen molar-refractivity contribution in [3.05, 3.63) is 18.0 Å². The van der Waals surface area contributed by atoms with Gasteiger partial charge in [0, 0.05) is 32.4 Å². The Balaban J connectivity index is 1.57. The minimum absolute atomic E-state index is 0.0918. The van der Waals surface area contributed by atoms with Gasteiger partial charge in [0.2, 0.25) is 0 Å². The molecule has 23 heavy (non-hydrogen) atoms. The Kier molecular flexibility index (Phi) is 5.33. The van der Waals surface area contributed by atoms with Gasteiger partial charge in [0.1, 0.15) is 5.69 Å². The van der Waals surface area contributed by atoms with E-state index in [0.29, 0.717) is 17.7 Å². The Labute approximate surface area is 138 Å². The van der Waals surface area contributed by atoms with Gasteiger partial charge in [-0.25, -0.2) is 0 Å². The van der Waals surface area contributed by atoms with Crippen molar-refractivity contribution in [3.8, 4) is 0 Å². The van der Waals surface area contributed by atoms with E-state index in [9.17, 15) is 4.79 Å². The number of nitrogens with zero attached hydrogens (tertiary/aromatic N) is 4. The van der Waals surface area contributed by atoms with Crippen LogP contribution in [-0.4, -0.2) is 71.8 Å². The van der Waals surface area contributed by atoms with Crippen molar-refractivity contribution in [3.63, 3.8) is 0 Å². The highest BCUT2D eigenvalue weighted by atomic mass is 16.2. The molecule has 0 aliphatic carbocycles. The van der Waals surface area contributed by atoms with Crippen molar-refractivity contribution in [1.29, 1.82) is 0 Å². The molecule has 2 aliphatic rings. The molecule has 0 spiro atoms. The van der Waals surface area contributed by atoms with E-state index in [1.807, 2.05) is 21.8 Å². The van der Waals surface area contributed by atoms with Gasteiger partial charge < -0.3 is 15.1 Å². The molecule has 1 aromatic heterocycles. The van der Waals surface area contributed by atoms with E-state index in [0.717, 1.165) is 52.1 Å². The van der Waals surface area contributed by atoms with Crippen LogP contribution >= 0.6 is 0 Å². The number of hydrogen-bond donors (Lipinski definition) is 1. The summed E-state index contributed by atoms with van der Waals surface area (Å²) < 4.78 is 1.97. The van der Waals surface area contributed by atoms with Crippen LogP contribution in [0.3, 0.4) is 0 Å². The van der Waals surface area contributed by atoms with Crippen molar-refractivity contribution in [2.75, 3.05) is 46.3 Å². The summed E-state index contributed by atoms with van der Waals surface area (Å²) in [5.41, 5.74) is 0.597. The SMILES string of the molecule is CCN(C)CC1CCN(C(=O)c2ccn(C3CCCNC3)n2)C1. The fourth-order valence-corrected chi connectivity index (χ4v) is 3.61. The van der Waals surface area contributed by atoms with Crippen molar-refractivity contribution in [1.82, 2.24) is 24.9 Å². The Morgan fingerprint density at radius 1 is 1.48 bits per heavy atom. The number of amides is 1. The highest BCUT2D eigenvalue weighted by Crippen LogP contribution is 2.20. The average molecular weight is 319 g/mol. The van der Waals surface area contributed by atoms with Crippen molar-refractivity contribution in [2.45, 2.75) is 32.2 Å². The molecule has 0 radical (unpaired) electrons. The third-order valence-electron chi connectivity index (χ3n) is 5.16. The largest absolute Gasteiger partial charge is 0.337 e. The number of piperidine rings is 1. The van der Waals surface area contributed by atoms with Crippen LogP contribution in [-0.2, 0) is 0 Å². The standard InChI is InChI=1S/C17H29N5O/c1-3-20(2)12-14-6-9-21(13-14)17(23)16-7-10-22(19-16)15-5-4-8-18-11-15/h7,10,14-15,18H,3-6,8-9,11-13H2,1-2H3. The molecule has 0 saturated carbocycles. The number of carbonyl (C=O) groups is 1. The van der Waals surface area contributed by atoms with Crippen LogP contribution in [0.5, 0.6) is 0 Å². The van der Waals surface area contributed by atoms with Gasteiger partial charge in [-0.1, -0.05) is 6.92 Å². The topological polar surface area (TPSA) is 53.4 Å². The van der Waals surface area contributed by atoms with E-state index in [2.05, 4.69) is 29.3 Å². The lowest BCUT2D eigenvalue weighted by Crippen LogP contribution is -2.33. The van der Waals surface area contributed by atoms with Crippen LogP contribution in [0.15, 0.2) is 12.3 Å². The minimum Gasteiger partial charge on any atom is -0.337 e. The summed E-state index contributed by atoms with van der Waals surface area (Å²) in [5, 5.41) is 7.95.